The highest BCUT2D eigenvalue weighted by Gasteiger charge is 2.24. The highest BCUT2D eigenvalue weighted by molar-refractivity contribution is 7.85. The van der Waals surface area contributed by atoms with E-state index in [4.69, 9.17) is 0 Å². The van der Waals surface area contributed by atoms with Gasteiger partial charge in [-0.2, -0.15) is 8.42 Å². The largest absolute Gasteiger partial charge is 0.387 e. The molecular formula is C28H47NO5S. The quantitative estimate of drug-likeness (QED) is 0.0968. The molecule has 0 aromatic carbocycles. The van der Waals surface area contributed by atoms with Gasteiger partial charge in [0.1, 0.15) is 0 Å². The summed E-state index contributed by atoms with van der Waals surface area (Å²) in [6, 6.07) is -1.09. The number of aliphatic hydroxyl groups is 1. The Morgan fingerprint density at radius 1 is 0.800 bits per heavy atom. The zero-order chi connectivity index (χ0) is 26.2. The summed E-state index contributed by atoms with van der Waals surface area (Å²) in [5, 5.41) is 12.9. The summed E-state index contributed by atoms with van der Waals surface area (Å²) in [6.07, 6.45) is 29.5. The molecule has 0 spiro atoms. The minimum atomic E-state index is -4.35. The van der Waals surface area contributed by atoms with E-state index in [9.17, 15) is 22.9 Å². The van der Waals surface area contributed by atoms with Crippen LogP contribution in [0.1, 0.15) is 90.9 Å². The van der Waals surface area contributed by atoms with Gasteiger partial charge in [-0.3, -0.25) is 9.35 Å². The van der Waals surface area contributed by atoms with Crippen molar-refractivity contribution in [1.82, 2.24) is 5.32 Å². The monoisotopic (exact) mass is 509 g/mol. The number of hydrogen-bond acceptors (Lipinski definition) is 4. The van der Waals surface area contributed by atoms with Crippen LogP contribution < -0.4 is 5.32 Å². The number of aliphatic hydroxyl groups excluding tert-OH is 1. The van der Waals surface area contributed by atoms with Gasteiger partial charge in [0.2, 0.25) is 5.91 Å². The molecule has 0 aliphatic heterocycles. The van der Waals surface area contributed by atoms with Crippen LogP contribution in [0.3, 0.4) is 0 Å². The Morgan fingerprint density at radius 3 is 1.94 bits per heavy atom. The lowest BCUT2D eigenvalue weighted by molar-refractivity contribution is -0.122. The molecule has 0 saturated carbocycles. The van der Waals surface area contributed by atoms with Crippen LogP contribution in [0.2, 0.25) is 0 Å². The van der Waals surface area contributed by atoms with Crippen LogP contribution in [0, 0.1) is 0 Å². The van der Waals surface area contributed by atoms with Gasteiger partial charge in [-0.15, -0.1) is 0 Å². The van der Waals surface area contributed by atoms with Gasteiger partial charge in [0, 0.05) is 6.42 Å². The summed E-state index contributed by atoms with van der Waals surface area (Å²) in [4.78, 5) is 12.2. The van der Waals surface area contributed by atoms with Crippen LogP contribution in [-0.2, 0) is 14.9 Å². The standard InChI is InChI=1S/C28H47NO5S/c1-3-5-7-9-11-12-13-14-15-16-18-20-22-24-28(31)29-26(25-35(32,33)34)27(30)23-21-19-17-10-8-6-4-2/h5,7,11-12,14-15,18,20-21,23,26-27,30H,3-4,6,8-10,13,16-17,19,22,24-25H2,1-2H3,(H,29,31)(H,32,33,34)/b7-5-,12-11-,15-14-,20-18-,23-21+. The predicted octanol–water partition coefficient (Wildman–Crippen LogP) is 6.22. The molecular weight excluding hydrogens is 462 g/mol. The molecule has 1 amide bonds. The SMILES string of the molecule is CC/C=C\C/C=C\C/C=C\C/C=C\CCC(=O)NC(CS(=O)(=O)O)C(O)/C=C/CCCCCCC. The summed E-state index contributed by atoms with van der Waals surface area (Å²) >= 11 is 0. The zero-order valence-electron chi connectivity index (χ0n) is 21.6. The zero-order valence-corrected chi connectivity index (χ0v) is 22.5. The molecule has 2 atom stereocenters. The lowest BCUT2D eigenvalue weighted by Crippen LogP contribution is -2.46. The Kier molecular flexibility index (Phi) is 21.2. The maximum atomic E-state index is 12.2. The van der Waals surface area contributed by atoms with Gasteiger partial charge in [-0.05, 0) is 44.9 Å². The number of nitrogens with one attached hydrogen (secondary N) is 1. The van der Waals surface area contributed by atoms with Crippen molar-refractivity contribution in [2.75, 3.05) is 5.75 Å². The van der Waals surface area contributed by atoms with Crippen LogP contribution >= 0.6 is 0 Å². The average Bonchev–Trinajstić information content (AvgIpc) is 2.80. The van der Waals surface area contributed by atoms with Crippen molar-refractivity contribution in [1.29, 1.82) is 0 Å². The summed E-state index contributed by atoms with van der Waals surface area (Å²) in [6.45, 7) is 4.27. The van der Waals surface area contributed by atoms with E-state index >= 15 is 0 Å². The van der Waals surface area contributed by atoms with Crippen molar-refractivity contribution in [2.24, 2.45) is 0 Å². The van der Waals surface area contributed by atoms with Crippen molar-refractivity contribution < 1.29 is 22.9 Å². The van der Waals surface area contributed by atoms with Crippen LogP contribution in [-0.4, -0.2) is 41.9 Å². The first-order chi connectivity index (χ1) is 16.8. The molecule has 0 aliphatic carbocycles. The molecule has 7 heteroatoms. The van der Waals surface area contributed by atoms with Gasteiger partial charge >= 0.3 is 0 Å². The first-order valence-corrected chi connectivity index (χ1v) is 14.6. The highest BCUT2D eigenvalue weighted by Crippen LogP contribution is 2.07. The number of unbranched alkanes of at least 4 members (excludes halogenated alkanes) is 5. The minimum Gasteiger partial charge on any atom is -0.387 e. The van der Waals surface area contributed by atoms with Crippen molar-refractivity contribution in [2.45, 2.75) is 103 Å². The number of hydrogen-bond donors (Lipinski definition) is 3. The van der Waals surface area contributed by atoms with E-state index < -0.39 is 28.0 Å². The molecule has 200 valence electrons. The van der Waals surface area contributed by atoms with Crippen molar-refractivity contribution >= 4 is 16.0 Å². The number of amides is 1. The Bertz CT molecular complexity index is 781. The van der Waals surface area contributed by atoms with Crippen LogP contribution in [0.15, 0.2) is 60.8 Å². The van der Waals surface area contributed by atoms with Crippen LogP contribution in [0.5, 0.6) is 0 Å². The van der Waals surface area contributed by atoms with Gasteiger partial charge in [-0.1, -0.05) is 100 Å². The smallest absolute Gasteiger partial charge is 0.267 e. The number of allylic oxidation sites excluding steroid dienone is 9. The Labute approximate surface area is 213 Å². The molecule has 0 rings (SSSR count). The third-order valence-corrected chi connectivity index (χ3v) is 5.99. The highest BCUT2D eigenvalue weighted by atomic mass is 32.2. The second-order valence-corrected chi connectivity index (χ2v) is 10.1. The molecule has 0 fully saturated rings. The van der Waals surface area contributed by atoms with Gasteiger partial charge in [0.25, 0.3) is 10.1 Å². The van der Waals surface area contributed by atoms with E-state index in [0.29, 0.717) is 6.42 Å². The van der Waals surface area contributed by atoms with Gasteiger partial charge in [0.15, 0.2) is 0 Å². The maximum absolute atomic E-state index is 12.2. The minimum absolute atomic E-state index is 0.171. The fraction of sp³-hybridized carbons (Fsp3) is 0.607. The molecule has 0 saturated heterocycles. The Balaban J connectivity index is 4.34. The Hall–Kier alpha value is -1.96. The third-order valence-electron chi connectivity index (χ3n) is 5.21. The van der Waals surface area contributed by atoms with Crippen molar-refractivity contribution in [3.63, 3.8) is 0 Å². The van der Waals surface area contributed by atoms with E-state index in [2.05, 4.69) is 55.6 Å². The van der Waals surface area contributed by atoms with Gasteiger partial charge in [-0.25, -0.2) is 0 Å². The van der Waals surface area contributed by atoms with Gasteiger partial charge in [0.05, 0.1) is 17.9 Å². The number of rotatable bonds is 21. The fourth-order valence-corrected chi connectivity index (χ4v) is 4.01. The van der Waals surface area contributed by atoms with E-state index in [1.54, 1.807) is 6.08 Å². The molecule has 0 heterocycles. The van der Waals surface area contributed by atoms with Crippen molar-refractivity contribution in [3.8, 4) is 0 Å². The molecule has 35 heavy (non-hydrogen) atoms. The number of carbonyl (C=O) groups excluding carboxylic acids is 1. The van der Waals surface area contributed by atoms with Crippen molar-refractivity contribution in [3.05, 3.63) is 60.8 Å². The first kappa shape index (κ1) is 33.0. The second-order valence-electron chi connectivity index (χ2n) is 8.58. The third kappa shape index (κ3) is 23.5. The summed E-state index contributed by atoms with van der Waals surface area (Å²) in [5.41, 5.74) is 0. The second kappa shape index (κ2) is 22.5. The van der Waals surface area contributed by atoms with Gasteiger partial charge < -0.3 is 10.4 Å². The molecule has 0 aliphatic rings. The first-order valence-electron chi connectivity index (χ1n) is 13.0. The summed E-state index contributed by atoms with van der Waals surface area (Å²) in [7, 11) is -4.35. The topological polar surface area (TPSA) is 104 Å². The lowest BCUT2D eigenvalue weighted by Gasteiger charge is -2.20. The summed E-state index contributed by atoms with van der Waals surface area (Å²) in [5.74, 6) is -1.10. The predicted molar refractivity (Wildman–Crippen MR) is 147 cm³/mol. The maximum Gasteiger partial charge on any atom is 0.267 e. The molecule has 0 radical (unpaired) electrons. The fourth-order valence-electron chi connectivity index (χ4n) is 3.28. The molecule has 3 N–H and O–H groups in total. The average molecular weight is 510 g/mol. The summed E-state index contributed by atoms with van der Waals surface area (Å²) < 4.78 is 31.9. The molecule has 0 bridgehead atoms. The molecule has 6 nitrogen and oxygen atoms in total. The van der Waals surface area contributed by atoms with E-state index in [0.717, 1.165) is 44.9 Å². The Morgan fingerprint density at radius 2 is 1.37 bits per heavy atom. The van der Waals surface area contributed by atoms with E-state index in [-0.39, 0.29) is 12.3 Å². The molecule has 0 aromatic heterocycles. The van der Waals surface area contributed by atoms with Crippen LogP contribution in [0.4, 0.5) is 0 Å². The van der Waals surface area contributed by atoms with E-state index in [1.807, 2.05) is 12.2 Å². The van der Waals surface area contributed by atoms with E-state index in [1.165, 1.54) is 25.3 Å². The number of carbonyl (C=O) groups is 1. The normalized spacial score (nSPS) is 14.7. The van der Waals surface area contributed by atoms with Crippen LogP contribution in [0.25, 0.3) is 0 Å². The molecule has 0 aromatic rings. The lowest BCUT2D eigenvalue weighted by atomic mass is 10.1. The molecule has 2 unspecified atom stereocenters.